The van der Waals surface area contributed by atoms with Gasteiger partial charge in [-0.1, -0.05) is 6.92 Å². The van der Waals surface area contributed by atoms with Crippen LogP contribution in [0.5, 0.6) is 0 Å². The van der Waals surface area contributed by atoms with Crippen LogP contribution >= 0.6 is 0 Å². The van der Waals surface area contributed by atoms with E-state index >= 15 is 0 Å². The van der Waals surface area contributed by atoms with Gasteiger partial charge in [-0.05, 0) is 6.42 Å². The Kier molecular flexibility index (Phi) is 2.68. The molecule has 2 heterocycles. The Morgan fingerprint density at radius 3 is 2.85 bits per heavy atom. The van der Waals surface area contributed by atoms with Crippen molar-refractivity contribution in [2.45, 2.75) is 19.4 Å². The molecule has 0 aliphatic carbocycles. The summed E-state index contributed by atoms with van der Waals surface area (Å²) in [4.78, 5) is 6.66. The van der Waals surface area contributed by atoms with E-state index in [-0.39, 0.29) is 0 Å². The molecule has 0 aromatic heterocycles. The average molecular weight is 184 g/mol. The molecule has 74 valence electrons. The molecule has 0 N–H and O–H groups in total. The summed E-state index contributed by atoms with van der Waals surface area (Å²) in [5.41, 5.74) is 0. The van der Waals surface area contributed by atoms with Crippen LogP contribution in [0.2, 0.25) is 0 Å². The summed E-state index contributed by atoms with van der Waals surface area (Å²) in [5, 5.41) is 0. The lowest BCUT2D eigenvalue weighted by Crippen LogP contribution is -2.40. The number of hydrogen-bond donors (Lipinski definition) is 0. The molecule has 0 aromatic carbocycles. The standard InChI is InChI=1S/C9H16N2O2/c1-2-8-7-13-9(10-8)11-3-5-12-6-4-11/h8H,2-7H2,1H3/t8-/m1/s1. The number of aliphatic imine (C=N–C) groups is 1. The third-order valence-electron chi connectivity index (χ3n) is 2.45. The molecular formula is C9H16N2O2. The maximum absolute atomic E-state index is 5.52. The van der Waals surface area contributed by atoms with Crippen LogP contribution in [0.4, 0.5) is 0 Å². The van der Waals surface area contributed by atoms with Crippen LogP contribution in [-0.4, -0.2) is 49.9 Å². The van der Waals surface area contributed by atoms with Gasteiger partial charge in [-0.2, -0.15) is 0 Å². The van der Waals surface area contributed by atoms with E-state index in [0.717, 1.165) is 45.4 Å². The minimum Gasteiger partial charge on any atom is -0.463 e. The van der Waals surface area contributed by atoms with E-state index in [2.05, 4.69) is 16.8 Å². The largest absolute Gasteiger partial charge is 0.463 e. The van der Waals surface area contributed by atoms with Crippen molar-refractivity contribution in [3.63, 3.8) is 0 Å². The summed E-state index contributed by atoms with van der Waals surface area (Å²) in [6, 6.07) is 1.20. The number of amidine groups is 1. The van der Waals surface area contributed by atoms with Gasteiger partial charge in [0.25, 0.3) is 6.02 Å². The van der Waals surface area contributed by atoms with E-state index < -0.39 is 0 Å². The van der Waals surface area contributed by atoms with Gasteiger partial charge in [0.1, 0.15) is 6.61 Å². The Hall–Kier alpha value is -0.770. The van der Waals surface area contributed by atoms with E-state index in [1.807, 2.05) is 0 Å². The predicted molar refractivity (Wildman–Crippen MR) is 49.9 cm³/mol. The highest BCUT2D eigenvalue weighted by atomic mass is 16.5. The lowest BCUT2D eigenvalue weighted by Gasteiger charge is -2.26. The van der Waals surface area contributed by atoms with Crippen molar-refractivity contribution in [2.75, 3.05) is 32.9 Å². The summed E-state index contributed by atoms with van der Waals surface area (Å²) in [7, 11) is 0. The minimum atomic E-state index is 0.373. The molecule has 0 spiro atoms. The quantitative estimate of drug-likeness (QED) is 0.594. The number of morpholine rings is 1. The molecule has 0 aromatic rings. The van der Waals surface area contributed by atoms with Gasteiger partial charge < -0.3 is 14.4 Å². The van der Waals surface area contributed by atoms with Gasteiger partial charge in [0.15, 0.2) is 0 Å². The Bertz CT molecular complexity index is 200. The second kappa shape index (κ2) is 3.96. The SMILES string of the molecule is CC[C@@H]1COC(N2CCOCC2)=N1. The molecule has 1 fully saturated rings. The summed E-state index contributed by atoms with van der Waals surface area (Å²) in [5.74, 6) is 0. The summed E-state index contributed by atoms with van der Waals surface area (Å²) in [6.07, 6.45) is 1.06. The van der Waals surface area contributed by atoms with Gasteiger partial charge in [-0.3, -0.25) is 0 Å². The van der Waals surface area contributed by atoms with Crippen molar-refractivity contribution in [1.29, 1.82) is 0 Å². The van der Waals surface area contributed by atoms with Gasteiger partial charge in [0, 0.05) is 13.1 Å². The second-order valence-electron chi connectivity index (χ2n) is 3.38. The molecule has 0 radical (unpaired) electrons. The van der Waals surface area contributed by atoms with Gasteiger partial charge in [0.05, 0.1) is 19.3 Å². The average Bonchev–Trinajstić information content (AvgIpc) is 2.67. The van der Waals surface area contributed by atoms with Gasteiger partial charge in [-0.25, -0.2) is 4.99 Å². The second-order valence-corrected chi connectivity index (χ2v) is 3.38. The topological polar surface area (TPSA) is 34.1 Å². The number of ether oxygens (including phenoxy) is 2. The summed E-state index contributed by atoms with van der Waals surface area (Å²) >= 11 is 0. The van der Waals surface area contributed by atoms with Crippen molar-refractivity contribution in [3.05, 3.63) is 0 Å². The maximum Gasteiger partial charge on any atom is 0.287 e. The van der Waals surface area contributed by atoms with Crippen LogP contribution in [-0.2, 0) is 9.47 Å². The number of rotatable bonds is 1. The lowest BCUT2D eigenvalue weighted by molar-refractivity contribution is 0.0576. The zero-order valence-corrected chi connectivity index (χ0v) is 8.03. The molecule has 4 nitrogen and oxygen atoms in total. The molecule has 2 rings (SSSR count). The Labute approximate surface area is 78.5 Å². The molecule has 0 amide bonds. The van der Waals surface area contributed by atoms with Crippen LogP contribution in [0.15, 0.2) is 4.99 Å². The predicted octanol–water partition coefficient (Wildman–Crippen LogP) is 0.483. The minimum absolute atomic E-state index is 0.373. The first-order chi connectivity index (χ1) is 6.40. The Morgan fingerprint density at radius 2 is 2.23 bits per heavy atom. The zero-order chi connectivity index (χ0) is 9.10. The van der Waals surface area contributed by atoms with E-state index in [4.69, 9.17) is 9.47 Å². The fraction of sp³-hybridized carbons (Fsp3) is 0.889. The molecule has 1 atom stereocenters. The van der Waals surface area contributed by atoms with Crippen molar-refractivity contribution in [1.82, 2.24) is 4.90 Å². The Morgan fingerprint density at radius 1 is 1.46 bits per heavy atom. The van der Waals surface area contributed by atoms with E-state index in [1.165, 1.54) is 0 Å². The number of nitrogens with zero attached hydrogens (tertiary/aromatic N) is 2. The lowest BCUT2D eigenvalue weighted by atomic mass is 10.3. The maximum atomic E-state index is 5.52. The van der Waals surface area contributed by atoms with E-state index in [1.54, 1.807) is 0 Å². The van der Waals surface area contributed by atoms with Crippen LogP contribution < -0.4 is 0 Å². The molecule has 0 saturated carbocycles. The summed E-state index contributed by atoms with van der Waals surface area (Å²) in [6.45, 7) is 6.30. The van der Waals surface area contributed by atoms with Crippen LogP contribution in [0, 0.1) is 0 Å². The molecular weight excluding hydrogens is 168 g/mol. The molecule has 0 bridgehead atoms. The zero-order valence-electron chi connectivity index (χ0n) is 8.03. The van der Waals surface area contributed by atoms with Crippen molar-refractivity contribution in [2.24, 2.45) is 4.99 Å². The number of hydrogen-bond acceptors (Lipinski definition) is 4. The first kappa shape index (κ1) is 8.81. The van der Waals surface area contributed by atoms with Crippen molar-refractivity contribution >= 4 is 6.02 Å². The monoisotopic (exact) mass is 184 g/mol. The van der Waals surface area contributed by atoms with Crippen LogP contribution in [0.1, 0.15) is 13.3 Å². The highest BCUT2D eigenvalue weighted by molar-refractivity contribution is 5.75. The smallest absolute Gasteiger partial charge is 0.287 e. The fourth-order valence-electron chi connectivity index (χ4n) is 1.54. The van der Waals surface area contributed by atoms with Gasteiger partial charge in [-0.15, -0.1) is 0 Å². The first-order valence-electron chi connectivity index (χ1n) is 4.93. The van der Waals surface area contributed by atoms with Crippen molar-refractivity contribution < 1.29 is 9.47 Å². The van der Waals surface area contributed by atoms with E-state index in [0.29, 0.717) is 6.04 Å². The Balaban J connectivity index is 1.92. The highest BCUT2D eigenvalue weighted by Gasteiger charge is 2.23. The summed E-state index contributed by atoms with van der Waals surface area (Å²) < 4.78 is 10.8. The third kappa shape index (κ3) is 1.94. The van der Waals surface area contributed by atoms with Crippen LogP contribution in [0.3, 0.4) is 0 Å². The van der Waals surface area contributed by atoms with Gasteiger partial charge >= 0.3 is 0 Å². The molecule has 2 aliphatic rings. The molecule has 13 heavy (non-hydrogen) atoms. The molecule has 1 saturated heterocycles. The van der Waals surface area contributed by atoms with E-state index in [9.17, 15) is 0 Å². The van der Waals surface area contributed by atoms with Crippen LogP contribution in [0.25, 0.3) is 0 Å². The normalized spacial score (nSPS) is 28.5. The molecule has 2 aliphatic heterocycles. The third-order valence-corrected chi connectivity index (χ3v) is 2.45. The fourth-order valence-corrected chi connectivity index (χ4v) is 1.54. The van der Waals surface area contributed by atoms with Gasteiger partial charge in [0.2, 0.25) is 0 Å². The molecule has 0 unspecified atom stereocenters. The first-order valence-corrected chi connectivity index (χ1v) is 4.93. The molecule has 4 heteroatoms. The van der Waals surface area contributed by atoms with Crippen molar-refractivity contribution in [3.8, 4) is 0 Å². The highest BCUT2D eigenvalue weighted by Crippen LogP contribution is 2.11.